The molecule has 1 aliphatic heterocycles. The third-order valence-electron chi connectivity index (χ3n) is 3.70. The summed E-state index contributed by atoms with van der Waals surface area (Å²) in [7, 11) is 1.58. The smallest absolute Gasteiger partial charge is 0.160 e. The van der Waals surface area contributed by atoms with E-state index in [1.807, 2.05) is 36.5 Å². The van der Waals surface area contributed by atoms with E-state index >= 15 is 0 Å². The van der Waals surface area contributed by atoms with Gasteiger partial charge in [-0.05, 0) is 41.8 Å². The Bertz CT molecular complexity index is 599. The summed E-state index contributed by atoms with van der Waals surface area (Å²) in [4.78, 5) is 6.73. The molecule has 2 aromatic rings. The van der Waals surface area contributed by atoms with Gasteiger partial charge in [-0.3, -0.25) is 9.88 Å². The van der Waals surface area contributed by atoms with Gasteiger partial charge < -0.3 is 9.84 Å². The number of nitrogens with zero attached hydrogens (tertiary/aromatic N) is 2. The fourth-order valence-electron chi connectivity index (χ4n) is 2.65. The highest BCUT2D eigenvalue weighted by Gasteiger charge is 2.19. The SMILES string of the molecule is COc1cc2c(cc1O)CCN(Cc1ccccn1)C2. The highest BCUT2D eigenvalue weighted by molar-refractivity contribution is 5.47. The Hall–Kier alpha value is -2.07. The number of aromatic hydroxyl groups is 1. The fourth-order valence-corrected chi connectivity index (χ4v) is 2.65. The summed E-state index contributed by atoms with van der Waals surface area (Å²) in [5.41, 5.74) is 3.52. The minimum Gasteiger partial charge on any atom is -0.504 e. The quantitative estimate of drug-likeness (QED) is 0.930. The first-order chi connectivity index (χ1) is 9.76. The first kappa shape index (κ1) is 12.9. The number of ether oxygens (including phenoxy) is 1. The predicted octanol–water partition coefficient (Wildman–Crippen LogP) is 2.35. The molecule has 0 amide bonds. The third-order valence-corrected chi connectivity index (χ3v) is 3.70. The van der Waals surface area contributed by atoms with Gasteiger partial charge in [0.1, 0.15) is 0 Å². The summed E-state index contributed by atoms with van der Waals surface area (Å²) in [6.07, 6.45) is 2.77. The number of methoxy groups -OCH3 is 1. The van der Waals surface area contributed by atoms with Crippen LogP contribution in [0.15, 0.2) is 36.5 Å². The molecule has 0 atom stereocenters. The van der Waals surface area contributed by atoms with Crippen LogP contribution in [0.25, 0.3) is 0 Å². The van der Waals surface area contributed by atoms with Crippen molar-refractivity contribution in [1.29, 1.82) is 0 Å². The predicted molar refractivity (Wildman–Crippen MR) is 76.7 cm³/mol. The van der Waals surface area contributed by atoms with E-state index in [0.29, 0.717) is 5.75 Å². The summed E-state index contributed by atoms with van der Waals surface area (Å²) in [5, 5.41) is 9.82. The second kappa shape index (κ2) is 5.51. The molecule has 20 heavy (non-hydrogen) atoms. The highest BCUT2D eigenvalue weighted by Crippen LogP contribution is 2.32. The van der Waals surface area contributed by atoms with Crippen LogP contribution in [-0.2, 0) is 19.5 Å². The number of rotatable bonds is 3. The van der Waals surface area contributed by atoms with E-state index in [1.165, 1.54) is 11.1 Å². The Morgan fingerprint density at radius 3 is 2.95 bits per heavy atom. The first-order valence-electron chi connectivity index (χ1n) is 6.77. The maximum atomic E-state index is 9.82. The largest absolute Gasteiger partial charge is 0.504 e. The Morgan fingerprint density at radius 2 is 2.20 bits per heavy atom. The van der Waals surface area contributed by atoms with Crippen molar-refractivity contribution in [1.82, 2.24) is 9.88 Å². The fraction of sp³-hybridized carbons (Fsp3) is 0.312. The van der Waals surface area contributed by atoms with Gasteiger partial charge in [-0.25, -0.2) is 0 Å². The second-order valence-electron chi connectivity index (χ2n) is 5.07. The molecule has 0 aliphatic carbocycles. The molecule has 0 saturated heterocycles. The van der Waals surface area contributed by atoms with Gasteiger partial charge in [0, 0.05) is 25.8 Å². The third kappa shape index (κ3) is 2.60. The van der Waals surface area contributed by atoms with E-state index in [9.17, 15) is 5.11 Å². The lowest BCUT2D eigenvalue weighted by molar-refractivity contribution is 0.241. The number of phenols is 1. The van der Waals surface area contributed by atoms with Gasteiger partial charge in [-0.1, -0.05) is 6.07 Å². The molecule has 4 nitrogen and oxygen atoms in total. The molecule has 0 radical (unpaired) electrons. The zero-order valence-electron chi connectivity index (χ0n) is 11.5. The minimum atomic E-state index is 0.226. The first-order valence-corrected chi connectivity index (χ1v) is 6.77. The summed E-state index contributed by atoms with van der Waals surface area (Å²) in [5.74, 6) is 0.771. The molecule has 0 saturated carbocycles. The molecule has 3 rings (SSSR count). The van der Waals surface area contributed by atoms with Crippen LogP contribution in [0.2, 0.25) is 0 Å². The highest BCUT2D eigenvalue weighted by atomic mass is 16.5. The van der Waals surface area contributed by atoms with Crippen LogP contribution in [-0.4, -0.2) is 28.6 Å². The molecule has 1 aliphatic rings. The lowest BCUT2D eigenvalue weighted by Crippen LogP contribution is -2.30. The van der Waals surface area contributed by atoms with Crippen molar-refractivity contribution in [3.8, 4) is 11.5 Å². The molecular formula is C16H18N2O2. The van der Waals surface area contributed by atoms with Crippen molar-refractivity contribution < 1.29 is 9.84 Å². The van der Waals surface area contributed by atoms with Crippen molar-refractivity contribution in [2.45, 2.75) is 19.5 Å². The van der Waals surface area contributed by atoms with Crippen molar-refractivity contribution in [2.75, 3.05) is 13.7 Å². The number of pyridine rings is 1. The van der Waals surface area contributed by atoms with Crippen LogP contribution in [0, 0.1) is 0 Å². The second-order valence-corrected chi connectivity index (χ2v) is 5.07. The van der Waals surface area contributed by atoms with E-state index in [1.54, 1.807) is 7.11 Å². The van der Waals surface area contributed by atoms with Crippen molar-refractivity contribution in [3.05, 3.63) is 53.3 Å². The van der Waals surface area contributed by atoms with Crippen LogP contribution in [0.4, 0.5) is 0 Å². The van der Waals surface area contributed by atoms with Crippen molar-refractivity contribution >= 4 is 0 Å². The van der Waals surface area contributed by atoms with E-state index in [4.69, 9.17) is 4.74 Å². The Balaban J connectivity index is 1.78. The van der Waals surface area contributed by atoms with Crippen LogP contribution in [0.1, 0.15) is 16.8 Å². The maximum absolute atomic E-state index is 9.82. The summed E-state index contributed by atoms with van der Waals surface area (Å²) in [6.45, 7) is 2.70. The average Bonchev–Trinajstić information content (AvgIpc) is 2.48. The van der Waals surface area contributed by atoms with Gasteiger partial charge in [0.25, 0.3) is 0 Å². The lowest BCUT2D eigenvalue weighted by Gasteiger charge is -2.28. The van der Waals surface area contributed by atoms with Crippen LogP contribution < -0.4 is 4.74 Å². The number of hydrogen-bond donors (Lipinski definition) is 1. The van der Waals surface area contributed by atoms with E-state index in [0.717, 1.165) is 31.7 Å². The average molecular weight is 270 g/mol. The van der Waals surface area contributed by atoms with Crippen LogP contribution in [0.3, 0.4) is 0 Å². The van der Waals surface area contributed by atoms with Crippen molar-refractivity contribution in [2.24, 2.45) is 0 Å². The zero-order chi connectivity index (χ0) is 13.9. The topological polar surface area (TPSA) is 45.6 Å². The standard InChI is InChI=1S/C16H18N2O2/c1-20-16-9-13-10-18(7-5-12(13)8-15(16)19)11-14-4-2-3-6-17-14/h2-4,6,8-9,19H,5,7,10-11H2,1H3. The molecule has 0 bridgehead atoms. The van der Waals surface area contributed by atoms with Crippen molar-refractivity contribution in [3.63, 3.8) is 0 Å². The number of aromatic nitrogens is 1. The molecule has 0 unspecified atom stereocenters. The van der Waals surface area contributed by atoms with Crippen LogP contribution >= 0.6 is 0 Å². The Kier molecular flexibility index (Phi) is 3.56. The summed E-state index contributed by atoms with van der Waals surface area (Å²) >= 11 is 0. The molecule has 104 valence electrons. The van der Waals surface area contributed by atoms with Gasteiger partial charge in [0.15, 0.2) is 11.5 Å². The number of phenolic OH excluding ortho intramolecular Hbond substituents is 1. The van der Waals surface area contributed by atoms with Gasteiger partial charge in [0.05, 0.1) is 12.8 Å². The summed E-state index contributed by atoms with van der Waals surface area (Å²) in [6, 6.07) is 9.76. The Labute approximate surface area is 118 Å². The van der Waals surface area contributed by atoms with E-state index < -0.39 is 0 Å². The zero-order valence-corrected chi connectivity index (χ0v) is 11.5. The number of benzene rings is 1. The molecular weight excluding hydrogens is 252 g/mol. The van der Waals surface area contributed by atoms with E-state index in [-0.39, 0.29) is 5.75 Å². The molecule has 0 spiro atoms. The monoisotopic (exact) mass is 270 g/mol. The van der Waals surface area contributed by atoms with Crippen LogP contribution in [0.5, 0.6) is 11.5 Å². The van der Waals surface area contributed by atoms with Gasteiger partial charge in [-0.2, -0.15) is 0 Å². The maximum Gasteiger partial charge on any atom is 0.160 e. The molecule has 2 heterocycles. The normalized spacial score (nSPS) is 14.8. The van der Waals surface area contributed by atoms with E-state index in [2.05, 4.69) is 9.88 Å². The Morgan fingerprint density at radius 1 is 1.30 bits per heavy atom. The summed E-state index contributed by atoms with van der Waals surface area (Å²) < 4.78 is 5.18. The molecule has 1 aromatic heterocycles. The molecule has 1 N–H and O–H groups in total. The molecule has 1 aromatic carbocycles. The number of hydrogen-bond acceptors (Lipinski definition) is 4. The molecule has 4 heteroatoms. The minimum absolute atomic E-state index is 0.226. The van der Waals surface area contributed by atoms with Gasteiger partial charge in [-0.15, -0.1) is 0 Å². The number of fused-ring (bicyclic) bond motifs is 1. The van der Waals surface area contributed by atoms with Gasteiger partial charge in [0.2, 0.25) is 0 Å². The van der Waals surface area contributed by atoms with Gasteiger partial charge >= 0.3 is 0 Å². The molecule has 0 fully saturated rings. The lowest BCUT2D eigenvalue weighted by atomic mass is 9.98.